The molecule has 0 aliphatic heterocycles. The number of nitrogens with two attached hydrogens (primary N) is 1. The monoisotopic (exact) mass is 313 g/mol. The van der Waals surface area contributed by atoms with E-state index in [1.54, 1.807) is 0 Å². The maximum Gasteiger partial charge on any atom is 0.163 e. The summed E-state index contributed by atoms with van der Waals surface area (Å²) in [6.45, 7) is 0. The molecule has 0 fully saturated rings. The van der Waals surface area contributed by atoms with Crippen molar-refractivity contribution in [3.63, 3.8) is 0 Å². The predicted molar refractivity (Wildman–Crippen MR) is 76.9 cm³/mol. The molecule has 0 aliphatic carbocycles. The van der Waals surface area contributed by atoms with E-state index in [9.17, 15) is 8.78 Å². The molecule has 0 aromatic heterocycles. The van der Waals surface area contributed by atoms with Crippen molar-refractivity contribution in [2.45, 2.75) is 6.04 Å². The van der Waals surface area contributed by atoms with Crippen molar-refractivity contribution in [3.8, 4) is 11.5 Å². The molecule has 0 heterocycles. The van der Waals surface area contributed by atoms with E-state index in [4.69, 9.17) is 26.8 Å². The molecule has 112 valence electrons. The van der Waals surface area contributed by atoms with Crippen LogP contribution in [0.1, 0.15) is 17.2 Å². The third kappa shape index (κ3) is 3.09. The first-order valence-electron chi connectivity index (χ1n) is 6.10. The Morgan fingerprint density at radius 1 is 0.952 bits per heavy atom. The average Bonchev–Trinajstić information content (AvgIpc) is 2.46. The highest BCUT2D eigenvalue weighted by molar-refractivity contribution is 6.30. The lowest BCUT2D eigenvalue weighted by molar-refractivity contribution is 0.351. The van der Waals surface area contributed by atoms with Crippen LogP contribution in [0.4, 0.5) is 8.78 Å². The van der Waals surface area contributed by atoms with Gasteiger partial charge in [-0.3, -0.25) is 0 Å². The number of hydrogen-bond donors (Lipinski definition) is 1. The first-order valence-corrected chi connectivity index (χ1v) is 6.47. The fourth-order valence-electron chi connectivity index (χ4n) is 2.03. The second kappa shape index (κ2) is 6.28. The molecular weight excluding hydrogens is 300 g/mol. The molecule has 0 bridgehead atoms. The van der Waals surface area contributed by atoms with E-state index in [1.165, 1.54) is 32.4 Å². The van der Waals surface area contributed by atoms with Crippen LogP contribution >= 0.6 is 11.6 Å². The Morgan fingerprint density at radius 2 is 1.52 bits per heavy atom. The topological polar surface area (TPSA) is 44.5 Å². The second-order valence-corrected chi connectivity index (χ2v) is 4.81. The van der Waals surface area contributed by atoms with E-state index in [0.717, 1.165) is 12.1 Å². The highest BCUT2D eigenvalue weighted by Gasteiger charge is 2.20. The lowest BCUT2D eigenvalue weighted by Gasteiger charge is -2.17. The van der Waals surface area contributed by atoms with Crippen LogP contribution in [0.25, 0.3) is 0 Å². The maximum absolute atomic E-state index is 14.1. The van der Waals surface area contributed by atoms with Crippen LogP contribution in [0.5, 0.6) is 11.5 Å². The summed E-state index contributed by atoms with van der Waals surface area (Å²) in [6.07, 6.45) is 0. The molecular formula is C15H14ClF2NO2. The Balaban J connectivity index is 2.50. The largest absolute Gasteiger partial charge is 0.493 e. The first-order chi connectivity index (χ1) is 9.97. The van der Waals surface area contributed by atoms with Gasteiger partial charge >= 0.3 is 0 Å². The fourth-order valence-corrected chi connectivity index (χ4v) is 2.19. The van der Waals surface area contributed by atoms with Gasteiger partial charge in [0.2, 0.25) is 0 Å². The predicted octanol–water partition coefficient (Wildman–Crippen LogP) is 3.68. The molecule has 1 unspecified atom stereocenters. The Hall–Kier alpha value is -1.85. The number of ether oxygens (including phenoxy) is 2. The fraction of sp³-hybridized carbons (Fsp3) is 0.200. The quantitative estimate of drug-likeness (QED) is 0.936. The minimum absolute atomic E-state index is 0.105. The zero-order valence-corrected chi connectivity index (χ0v) is 12.2. The molecule has 21 heavy (non-hydrogen) atoms. The van der Waals surface area contributed by atoms with Gasteiger partial charge in [0.25, 0.3) is 0 Å². The van der Waals surface area contributed by atoms with E-state index in [2.05, 4.69) is 0 Å². The standard InChI is InChI=1S/C15H14ClF2NO2/c1-20-13-6-10(12(18)7-14(13)21-2)15(19)9-4-3-8(16)5-11(9)17/h3-7,15H,19H2,1-2H3. The molecule has 2 rings (SSSR count). The maximum atomic E-state index is 14.1. The minimum atomic E-state index is -0.984. The average molecular weight is 314 g/mol. The smallest absolute Gasteiger partial charge is 0.163 e. The van der Waals surface area contributed by atoms with Gasteiger partial charge in [-0.2, -0.15) is 0 Å². The van der Waals surface area contributed by atoms with Gasteiger partial charge in [-0.1, -0.05) is 17.7 Å². The number of benzene rings is 2. The Bertz CT molecular complexity index is 664. The van der Waals surface area contributed by atoms with Gasteiger partial charge in [-0.05, 0) is 18.2 Å². The molecule has 1 atom stereocenters. The van der Waals surface area contributed by atoms with Gasteiger partial charge in [-0.25, -0.2) is 8.78 Å². The van der Waals surface area contributed by atoms with Crippen LogP contribution in [0.3, 0.4) is 0 Å². The molecule has 2 aromatic rings. The van der Waals surface area contributed by atoms with Crippen LogP contribution in [0.15, 0.2) is 30.3 Å². The van der Waals surface area contributed by atoms with Gasteiger partial charge in [0, 0.05) is 22.2 Å². The summed E-state index contributed by atoms with van der Waals surface area (Å²) < 4.78 is 38.1. The Morgan fingerprint density at radius 3 is 2.10 bits per heavy atom. The molecule has 2 aromatic carbocycles. The molecule has 0 amide bonds. The van der Waals surface area contributed by atoms with Gasteiger partial charge in [0.15, 0.2) is 11.5 Å². The second-order valence-electron chi connectivity index (χ2n) is 4.37. The molecule has 0 saturated heterocycles. The van der Waals surface area contributed by atoms with Gasteiger partial charge < -0.3 is 15.2 Å². The number of hydrogen-bond acceptors (Lipinski definition) is 3. The van der Waals surface area contributed by atoms with Crippen molar-refractivity contribution in [1.82, 2.24) is 0 Å². The van der Waals surface area contributed by atoms with Crippen LogP contribution in [-0.4, -0.2) is 14.2 Å². The van der Waals surface area contributed by atoms with E-state index >= 15 is 0 Å². The lowest BCUT2D eigenvalue weighted by atomic mass is 9.98. The normalized spacial score (nSPS) is 12.1. The first kappa shape index (κ1) is 15.5. The van der Waals surface area contributed by atoms with Crippen molar-refractivity contribution >= 4 is 11.6 Å². The van der Waals surface area contributed by atoms with Gasteiger partial charge in [-0.15, -0.1) is 0 Å². The SMILES string of the molecule is COc1cc(F)c(C(N)c2ccc(Cl)cc2F)cc1OC. The van der Waals surface area contributed by atoms with Crippen molar-refractivity contribution in [2.75, 3.05) is 14.2 Å². The number of halogens is 3. The van der Waals surface area contributed by atoms with Crippen molar-refractivity contribution in [3.05, 3.63) is 58.1 Å². The van der Waals surface area contributed by atoms with E-state index in [0.29, 0.717) is 5.75 Å². The Kier molecular flexibility index (Phi) is 4.65. The van der Waals surface area contributed by atoms with E-state index in [-0.39, 0.29) is 21.9 Å². The van der Waals surface area contributed by atoms with Crippen LogP contribution in [0.2, 0.25) is 5.02 Å². The van der Waals surface area contributed by atoms with Gasteiger partial charge in [0.1, 0.15) is 11.6 Å². The summed E-state index contributed by atoms with van der Waals surface area (Å²) in [5, 5.41) is 0.247. The lowest BCUT2D eigenvalue weighted by Crippen LogP contribution is -2.15. The van der Waals surface area contributed by atoms with Crippen LogP contribution in [0, 0.1) is 11.6 Å². The zero-order chi connectivity index (χ0) is 15.6. The van der Waals surface area contributed by atoms with Crippen LogP contribution in [-0.2, 0) is 0 Å². The molecule has 0 saturated carbocycles. The summed E-state index contributed by atoms with van der Waals surface area (Å²) in [4.78, 5) is 0. The third-order valence-electron chi connectivity index (χ3n) is 3.14. The molecule has 0 radical (unpaired) electrons. The highest BCUT2D eigenvalue weighted by atomic mass is 35.5. The van der Waals surface area contributed by atoms with Crippen LogP contribution < -0.4 is 15.2 Å². The molecule has 2 N–H and O–H groups in total. The summed E-state index contributed by atoms with van der Waals surface area (Å²) in [7, 11) is 2.82. The van der Waals surface area contributed by atoms with Crippen molar-refractivity contribution in [1.29, 1.82) is 0 Å². The van der Waals surface area contributed by atoms with E-state index in [1.807, 2.05) is 0 Å². The number of rotatable bonds is 4. The third-order valence-corrected chi connectivity index (χ3v) is 3.37. The molecule has 0 spiro atoms. The molecule has 3 nitrogen and oxygen atoms in total. The van der Waals surface area contributed by atoms with Crippen molar-refractivity contribution < 1.29 is 18.3 Å². The minimum Gasteiger partial charge on any atom is -0.493 e. The number of methoxy groups -OCH3 is 2. The highest BCUT2D eigenvalue weighted by Crippen LogP contribution is 2.34. The zero-order valence-electron chi connectivity index (χ0n) is 11.5. The molecule has 0 aliphatic rings. The Labute approximate surface area is 126 Å². The van der Waals surface area contributed by atoms with Gasteiger partial charge in [0.05, 0.1) is 20.3 Å². The summed E-state index contributed by atoms with van der Waals surface area (Å²) in [6, 6.07) is 5.63. The summed E-state index contributed by atoms with van der Waals surface area (Å²) in [5.74, 6) is -0.639. The molecule has 6 heteroatoms. The summed E-state index contributed by atoms with van der Waals surface area (Å²) >= 11 is 5.69. The van der Waals surface area contributed by atoms with E-state index < -0.39 is 17.7 Å². The van der Waals surface area contributed by atoms with Crippen molar-refractivity contribution in [2.24, 2.45) is 5.73 Å². The summed E-state index contributed by atoms with van der Waals surface area (Å²) in [5.41, 5.74) is 6.21.